The van der Waals surface area contributed by atoms with E-state index in [9.17, 15) is 17.2 Å². The molecule has 0 unspecified atom stereocenters. The Bertz CT molecular complexity index is 1040. The van der Waals surface area contributed by atoms with Crippen LogP contribution in [-0.2, 0) is 16.6 Å². The summed E-state index contributed by atoms with van der Waals surface area (Å²) in [6, 6.07) is 15.9. The number of rotatable bonds is 6. The van der Waals surface area contributed by atoms with Gasteiger partial charge in [0.25, 0.3) is 0 Å². The summed E-state index contributed by atoms with van der Waals surface area (Å²) in [5, 5.41) is 1.40. The maximum absolute atomic E-state index is 12.7. The number of alkyl halides is 2. The van der Waals surface area contributed by atoms with Gasteiger partial charge in [-0.05, 0) is 23.6 Å². The van der Waals surface area contributed by atoms with Crippen molar-refractivity contribution in [3.63, 3.8) is 0 Å². The van der Waals surface area contributed by atoms with E-state index in [4.69, 9.17) is 11.6 Å². The van der Waals surface area contributed by atoms with Gasteiger partial charge in [0.15, 0.2) is 0 Å². The fourth-order valence-corrected chi connectivity index (χ4v) is 4.19. The average Bonchev–Trinajstić information content (AvgIpc) is 2.60. The Hall–Kier alpha value is -2.22. The van der Waals surface area contributed by atoms with Crippen LogP contribution in [0.1, 0.15) is 5.56 Å². The first-order valence-electron chi connectivity index (χ1n) is 7.58. The summed E-state index contributed by atoms with van der Waals surface area (Å²) in [4.78, 5) is 0.0212. The van der Waals surface area contributed by atoms with E-state index in [0.717, 1.165) is 0 Å². The second kappa shape index (κ2) is 7.57. The van der Waals surface area contributed by atoms with Crippen molar-refractivity contribution in [1.82, 2.24) is 4.72 Å². The van der Waals surface area contributed by atoms with Gasteiger partial charge < -0.3 is 4.74 Å². The van der Waals surface area contributed by atoms with Gasteiger partial charge in [-0.2, -0.15) is 8.78 Å². The first kappa shape index (κ1) is 18.6. The number of benzene rings is 3. The first-order valence-corrected chi connectivity index (χ1v) is 9.44. The summed E-state index contributed by atoms with van der Waals surface area (Å²) in [6.45, 7) is -3.20. The predicted octanol–water partition coefficient (Wildman–Crippen LogP) is 4.57. The number of para-hydroxylation sites is 1. The van der Waals surface area contributed by atoms with Gasteiger partial charge in [-0.3, -0.25) is 0 Å². The molecular formula is C18H14ClF2NO3S. The van der Waals surface area contributed by atoms with Crippen molar-refractivity contribution in [2.75, 3.05) is 0 Å². The topological polar surface area (TPSA) is 55.4 Å². The second-order valence-electron chi connectivity index (χ2n) is 5.40. The lowest BCUT2D eigenvalue weighted by Crippen LogP contribution is -2.24. The highest BCUT2D eigenvalue weighted by Crippen LogP contribution is 2.30. The van der Waals surface area contributed by atoms with Crippen molar-refractivity contribution in [2.45, 2.75) is 18.1 Å². The van der Waals surface area contributed by atoms with E-state index in [1.165, 1.54) is 24.3 Å². The first-order chi connectivity index (χ1) is 12.4. The van der Waals surface area contributed by atoms with E-state index >= 15 is 0 Å². The zero-order valence-corrected chi connectivity index (χ0v) is 14.9. The molecule has 0 amide bonds. The molecule has 136 valence electrons. The van der Waals surface area contributed by atoms with Gasteiger partial charge >= 0.3 is 6.61 Å². The van der Waals surface area contributed by atoms with Crippen LogP contribution in [0.3, 0.4) is 0 Å². The number of fused-ring (bicyclic) bond motifs is 1. The van der Waals surface area contributed by atoms with Crippen molar-refractivity contribution >= 4 is 32.4 Å². The minimum atomic E-state index is -3.93. The van der Waals surface area contributed by atoms with Crippen LogP contribution >= 0.6 is 11.6 Å². The van der Waals surface area contributed by atoms with E-state index in [1.54, 1.807) is 36.4 Å². The van der Waals surface area contributed by atoms with Crippen LogP contribution in [0.5, 0.6) is 5.75 Å². The molecule has 0 saturated heterocycles. The van der Waals surface area contributed by atoms with E-state index in [-0.39, 0.29) is 17.2 Å². The smallest absolute Gasteiger partial charge is 0.387 e. The molecule has 0 aliphatic carbocycles. The normalized spacial score (nSPS) is 11.8. The van der Waals surface area contributed by atoms with Crippen LogP contribution in [0.2, 0.25) is 5.02 Å². The van der Waals surface area contributed by atoms with Crippen LogP contribution < -0.4 is 9.46 Å². The van der Waals surface area contributed by atoms with Crippen LogP contribution in [-0.4, -0.2) is 15.0 Å². The van der Waals surface area contributed by atoms with Gasteiger partial charge in [0.1, 0.15) is 5.75 Å². The third kappa shape index (κ3) is 3.95. The Morgan fingerprint density at radius 3 is 2.42 bits per heavy atom. The van der Waals surface area contributed by atoms with Crippen molar-refractivity contribution in [1.29, 1.82) is 0 Å². The molecule has 8 heteroatoms. The Morgan fingerprint density at radius 1 is 1.00 bits per heavy atom. The summed E-state index contributed by atoms with van der Waals surface area (Å²) in [5.74, 6) is -0.0823. The predicted molar refractivity (Wildman–Crippen MR) is 96.1 cm³/mol. The minimum absolute atomic E-state index is 0.0212. The molecule has 0 aromatic heterocycles. The summed E-state index contributed by atoms with van der Waals surface area (Å²) < 4.78 is 57.3. The Balaban J connectivity index is 1.92. The van der Waals surface area contributed by atoms with E-state index < -0.39 is 16.6 Å². The number of hydrogen-bond acceptors (Lipinski definition) is 3. The number of hydrogen-bond donors (Lipinski definition) is 1. The molecular weight excluding hydrogens is 384 g/mol. The number of halogens is 3. The zero-order chi connectivity index (χ0) is 18.7. The second-order valence-corrected chi connectivity index (χ2v) is 7.55. The van der Waals surface area contributed by atoms with Gasteiger partial charge in [-0.1, -0.05) is 54.1 Å². The highest BCUT2D eigenvalue weighted by Gasteiger charge is 2.19. The summed E-state index contributed by atoms with van der Waals surface area (Å²) in [5.41, 5.74) is 0.294. The van der Waals surface area contributed by atoms with Gasteiger partial charge in [-0.15, -0.1) is 0 Å². The standard InChI is InChI=1S/C18H14ClF2NO3S/c19-14-8-3-6-12-7-4-10-16(17(12)14)26(23,24)22-11-13-5-1-2-9-15(13)25-18(20)21/h1-10,18,22H,11H2. The number of nitrogens with one attached hydrogen (secondary N) is 1. The van der Waals surface area contributed by atoms with Crippen LogP contribution in [0.4, 0.5) is 8.78 Å². The Morgan fingerprint density at radius 2 is 1.69 bits per heavy atom. The van der Waals surface area contributed by atoms with Crippen molar-refractivity contribution in [3.05, 3.63) is 71.2 Å². The minimum Gasteiger partial charge on any atom is -0.434 e. The fourth-order valence-electron chi connectivity index (χ4n) is 2.60. The third-order valence-corrected chi connectivity index (χ3v) is 5.51. The summed E-state index contributed by atoms with van der Waals surface area (Å²) in [7, 11) is -3.93. The molecule has 4 nitrogen and oxygen atoms in total. The molecule has 0 heterocycles. The monoisotopic (exact) mass is 397 g/mol. The highest BCUT2D eigenvalue weighted by atomic mass is 35.5. The van der Waals surface area contributed by atoms with E-state index in [1.807, 2.05) is 0 Å². The quantitative estimate of drug-likeness (QED) is 0.662. The maximum Gasteiger partial charge on any atom is 0.387 e. The molecule has 1 N–H and O–H groups in total. The largest absolute Gasteiger partial charge is 0.434 e. The summed E-state index contributed by atoms with van der Waals surface area (Å²) in [6.07, 6.45) is 0. The molecule has 0 radical (unpaired) electrons. The molecule has 26 heavy (non-hydrogen) atoms. The Kier molecular flexibility index (Phi) is 5.41. The highest BCUT2D eigenvalue weighted by molar-refractivity contribution is 7.89. The lowest BCUT2D eigenvalue weighted by atomic mass is 10.1. The number of sulfonamides is 1. The molecule has 3 aromatic rings. The van der Waals surface area contributed by atoms with Crippen LogP contribution in [0.15, 0.2) is 65.6 Å². The number of ether oxygens (including phenoxy) is 1. The van der Waals surface area contributed by atoms with Crippen molar-refractivity contribution in [2.24, 2.45) is 0 Å². The maximum atomic E-state index is 12.7. The molecule has 3 aromatic carbocycles. The molecule has 0 aliphatic heterocycles. The molecule has 0 bridgehead atoms. The molecule has 0 fully saturated rings. The van der Waals surface area contributed by atoms with Crippen LogP contribution in [0, 0.1) is 0 Å². The molecule has 0 atom stereocenters. The fraction of sp³-hybridized carbons (Fsp3) is 0.111. The van der Waals surface area contributed by atoms with Gasteiger partial charge in [0.05, 0.1) is 4.90 Å². The molecule has 0 spiro atoms. The van der Waals surface area contributed by atoms with Gasteiger partial charge in [0.2, 0.25) is 10.0 Å². The summed E-state index contributed by atoms with van der Waals surface area (Å²) >= 11 is 6.17. The Labute approximate surface area is 154 Å². The van der Waals surface area contributed by atoms with Crippen molar-refractivity contribution < 1.29 is 21.9 Å². The van der Waals surface area contributed by atoms with Crippen molar-refractivity contribution in [3.8, 4) is 5.75 Å². The van der Waals surface area contributed by atoms with Gasteiger partial charge in [-0.25, -0.2) is 13.1 Å². The van der Waals surface area contributed by atoms with Gasteiger partial charge in [0, 0.05) is 22.5 Å². The lowest BCUT2D eigenvalue weighted by Gasteiger charge is -2.13. The molecule has 0 aliphatic rings. The molecule has 0 saturated carbocycles. The third-order valence-electron chi connectivity index (χ3n) is 3.75. The van der Waals surface area contributed by atoms with E-state index in [2.05, 4.69) is 9.46 Å². The van der Waals surface area contributed by atoms with Crippen LogP contribution in [0.25, 0.3) is 10.8 Å². The molecule has 3 rings (SSSR count). The SMILES string of the molecule is O=S(=O)(NCc1ccccc1OC(F)F)c1cccc2cccc(Cl)c12. The lowest BCUT2D eigenvalue weighted by molar-refractivity contribution is -0.0504. The average molecular weight is 398 g/mol. The van der Waals surface area contributed by atoms with E-state index in [0.29, 0.717) is 21.4 Å². The zero-order valence-electron chi connectivity index (χ0n) is 13.3.